The van der Waals surface area contributed by atoms with Gasteiger partial charge in [0.15, 0.2) is 29.0 Å². The van der Waals surface area contributed by atoms with Crippen LogP contribution < -0.4 is 4.74 Å². The summed E-state index contributed by atoms with van der Waals surface area (Å²) in [4.78, 5) is 16.7. The lowest BCUT2D eigenvalue weighted by atomic mass is 9.96. The third-order valence-electron chi connectivity index (χ3n) is 8.71. The minimum atomic E-state index is -1.28. The van der Waals surface area contributed by atoms with Crippen molar-refractivity contribution in [2.45, 2.75) is 71.6 Å². The first kappa shape index (κ1) is 38.3. The second-order valence-electron chi connectivity index (χ2n) is 13.7. The maximum Gasteiger partial charge on any atom is 0.306 e. The number of allylic oxidation sites excluding steroid dienone is 1. The molecular weight excluding hydrogens is 686 g/mol. The molecule has 0 radical (unpaired) electrons. The summed E-state index contributed by atoms with van der Waals surface area (Å²) in [6.45, 7) is 19.4. The maximum absolute atomic E-state index is 15.8. The molecule has 0 aliphatic heterocycles. The largest absolute Gasteiger partial charge is 0.466 e. The van der Waals surface area contributed by atoms with Gasteiger partial charge in [-0.1, -0.05) is 69.6 Å². The summed E-state index contributed by atoms with van der Waals surface area (Å²) in [5.41, 5.74) is 2.32. The molecule has 0 spiro atoms. The molecule has 1 atom stereocenters. The van der Waals surface area contributed by atoms with Gasteiger partial charge in [0.2, 0.25) is 0 Å². The number of fused-ring (bicyclic) bond motifs is 1. The molecule has 12 heteroatoms. The van der Waals surface area contributed by atoms with Gasteiger partial charge in [0, 0.05) is 50.2 Å². The van der Waals surface area contributed by atoms with Crippen LogP contribution in [0.15, 0.2) is 74.0 Å². The molecule has 0 aliphatic rings. The van der Waals surface area contributed by atoms with E-state index in [1.54, 1.807) is 83.9 Å². The van der Waals surface area contributed by atoms with Gasteiger partial charge in [0.25, 0.3) is 0 Å². The highest BCUT2D eigenvalue weighted by atomic mass is 28.3. The summed E-state index contributed by atoms with van der Waals surface area (Å²) in [6.07, 6.45) is 5.20. The smallest absolute Gasteiger partial charge is 0.306 e. The van der Waals surface area contributed by atoms with Crippen molar-refractivity contribution in [3.05, 3.63) is 114 Å². The number of benzene rings is 3. The van der Waals surface area contributed by atoms with E-state index in [1.165, 1.54) is 6.07 Å². The first-order valence-electron chi connectivity index (χ1n) is 17.3. The van der Waals surface area contributed by atoms with E-state index in [0.717, 1.165) is 6.04 Å². The standard InChI is InChI=1S/C40H45F3N4O4Si/c1-8-19-47-40(44-39(45-47)26(4)30-13-11-12-28(36(30)42)15-17-35(48)50-10-3)32-23-29(16-14-27(32)9-2)51-38-33(41)24-34-31(37(38)43)18-20-46(34)25-49-21-22-52(5,6)7/h8-9,11-14,16,18,20,23-24,26H,1-2,10,15,17,19,21-22,25H2,3-7H3. The molecule has 3 aromatic carbocycles. The van der Waals surface area contributed by atoms with Gasteiger partial charge in [-0.15, -0.1) is 6.58 Å². The molecule has 0 fully saturated rings. The highest BCUT2D eigenvalue weighted by Gasteiger charge is 2.24. The Balaban J connectivity index is 1.44. The number of esters is 1. The lowest BCUT2D eigenvalue weighted by Crippen LogP contribution is -2.21. The van der Waals surface area contributed by atoms with Gasteiger partial charge in [0.1, 0.15) is 18.3 Å². The fourth-order valence-corrected chi connectivity index (χ4v) is 6.56. The van der Waals surface area contributed by atoms with Gasteiger partial charge >= 0.3 is 5.97 Å². The average molecular weight is 731 g/mol. The Morgan fingerprint density at radius 2 is 1.85 bits per heavy atom. The van der Waals surface area contributed by atoms with Gasteiger partial charge in [-0.05, 0) is 54.3 Å². The Kier molecular flexibility index (Phi) is 12.2. The second kappa shape index (κ2) is 16.6. The van der Waals surface area contributed by atoms with E-state index in [1.807, 2.05) is 0 Å². The Morgan fingerprint density at radius 3 is 2.56 bits per heavy atom. The van der Waals surface area contributed by atoms with E-state index in [9.17, 15) is 4.79 Å². The molecule has 0 N–H and O–H groups in total. The Bertz CT molecular complexity index is 2090. The second-order valence-corrected chi connectivity index (χ2v) is 19.4. The van der Waals surface area contributed by atoms with Crippen LogP contribution >= 0.6 is 0 Å². The van der Waals surface area contributed by atoms with Crippen LogP contribution in [0.4, 0.5) is 13.2 Å². The molecule has 0 bridgehead atoms. The average Bonchev–Trinajstić information content (AvgIpc) is 3.72. The number of carbonyl (C=O) groups excluding carboxylic acids is 1. The van der Waals surface area contributed by atoms with Crippen molar-refractivity contribution in [3.63, 3.8) is 0 Å². The van der Waals surface area contributed by atoms with E-state index in [2.05, 4.69) is 32.8 Å². The summed E-state index contributed by atoms with van der Waals surface area (Å²) < 4.78 is 67.1. The molecule has 0 saturated carbocycles. The Morgan fingerprint density at radius 1 is 1.06 bits per heavy atom. The molecule has 0 amide bonds. The summed E-state index contributed by atoms with van der Waals surface area (Å²) in [5, 5.41) is 4.91. The zero-order chi connectivity index (χ0) is 37.6. The molecule has 5 rings (SSSR count). The van der Waals surface area contributed by atoms with Crippen LogP contribution in [0, 0.1) is 17.5 Å². The molecule has 5 aromatic rings. The van der Waals surface area contributed by atoms with Crippen molar-refractivity contribution in [2.75, 3.05) is 13.2 Å². The summed E-state index contributed by atoms with van der Waals surface area (Å²) in [7, 11) is -1.28. The number of aryl methyl sites for hydroxylation is 1. The van der Waals surface area contributed by atoms with Gasteiger partial charge in [0.05, 0.1) is 18.7 Å². The van der Waals surface area contributed by atoms with Crippen LogP contribution in [-0.4, -0.2) is 46.6 Å². The third kappa shape index (κ3) is 8.74. The third-order valence-corrected chi connectivity index (χ3v) is 10.4. The number of rotatable bonds is 17. The molecule has 2 aromatic heterocycles. The Labute approximate surface area is 303 Å². The van der Waals surface area contributed by atoms with Crippen LogP contribution in [0.2, 0.25) is 25.7 Å². The van der Waals surface area contributed by atoms with E-state index < -0.39 is 43.2 Å². The predicted octanol–water partition coefficient (Wildman–Crippen LogP) is 9.90. The van der Waals surface area contributed by atoms with Crippen molar-refractivity contribution in [3.8, 4) is 22.9 Å². The number of halogens is 3. The van der Waals surface area contributed by atoms with Crippen LogP contribution in [0.5, 0.6) is 11.5 Å². The number of ether oxygens (including phenoxy) is 3. The van der Waals surface area contributed by atoms with Crippen molar-refractivity contribution >= 4 is 31.0 Å². The lowest BCUT2D eigenvalue weighted by Gasteiger charge is -2.16. The van der Waals surface area contributed by atoms with Crippen LogP contribution in [-0.2, 0) is 34.0 Å². The van der Waals surface area contributed by atoms with Gasteiger partial charge < -0.3 is 18.8 Å². The molecule has 1 unspecified atom stereocenters. The summed E-state index contributed by atoms with van der Waals surface area (Å²) in [6, 6.07) is 13.8. The molecule has 2 heterocycles. The molecule has 52 heavy (non-hydrogen) atoms. The SMILES string of the molecule is C=CCn1nc(C(C)c2cccc(CCC(=O)OCC)c2F)nc1-c1cc(Oc2c(F)cc3c(ccn3COCC[Si](C)(C)C)c2F)ccc1C=C. The number of carbonyl (C=O) groups is 1. The zero-order valence-corrected chi connectivity index (χ0v) is 31.3. The van der Waals surface area contributed by atoms with E-state index in [0.29, 0.717) is 46.0 Å². The molecule has 8 nitrogen and oxygen atoms in total. The van der Waals surface area contributed by atoms with Crippen LogP contribution in [0.25, 0.3) is 28.4 Å². The number of aromatic nitrogens is 4. The fraction of sp³-hybridized carbons (Fsp3) is 0.325. The van der Waals surface area contributed by atoms with Gasteiger partial charge in [-0.2, -0.15) is 5.10 Å². The maximum atomic E-state index is 15.8. The number of hydrogen-bond donors (Lipinski definition) is 0. The van der Waals surface area contributed by atoms with Crippen LogP contribution in [0.1, 0.15) is 48.7 Å². The lowest BCUT2D eigenvalue weighted by molar-refractivity contribution is -0.143. The van der Waals surface area contributed by atoms with E-state index >= 15 is 13.2 Å². The van der Waals surface area contributed by atoms with Crippen molar-refractivity contribution in [2.24, 2.45) is 0 Å². The van der Waals surface area contributed by atoms with Gasteiger partial charge in [-0.25, -0.2) is 22.8 Å². The minimum absolute atomic E-state index is 0.0595. The number of nitrogens with zero attached hydrogens (tertiary/aromatic N) is 4. The predicted molar refractivity (Wildman–Crippen MR) is 201 cm³/mol. The first-order chi connectivity index (χ1) is 24.8. The summed E-state index contributed by atoms with van der Waals surface area (Å²) >= 11 is 0. The van der Waals surface area contributed by atoms with Crippen molar-refractivity contribution < 1.29 is 32.2 Å². The van der Waals surface area contributed by atoms with Crippen molar-refractivity contribution in [1.29, 1.82) is 0 Å². The highest BCUT2D eigenvalue weighted by molar-refractivity contribution is 6.76. The quantitative estimate of drug-likeness (QED) is 0.0410. The monoisotopic (exact) mass is 730 g/mol. The molecule has 0 aliphatic carbocycles. The van der Waals surface area contributed by atoms with Crippen molar-refractivity contribution in [1.82, 2.24) is 19.3 Å². The van der Waals surface area contributed by atoms with Crippen LogP contribution in [0.3, 0.4) is 0 Å². The molecule has 274 valence electrons. The minimum Gasteiger partial charge on any atom is -0.466 e. The van der Waals surface area contributed by atoms with E-state index in [-0.39, 0.29) is 43.9 Å². The fourth-order valence-electron chi connectivity index (χ4n) is 5.81. The normalized spacial score (nSPS) is 12.2. The highest BCUT2D eigenvalue weighted by Crippen LogP contribution is 2.37. The topological polar surface area (TPSA) is 80.4 Å². The molecular formula is C40H45F3N4O4Si. The van der Waals surface area contributed by atoms with E-state index in [4.69, 9.17) is 24.3 Å². The number of hydrogen-bond acceptors (Lipinski definition) is 6. The summed E-state index contributed by atoms with van der Waals surface area (Å²) in [5.74, 6) is -2.71. The zero-order valence-electron chi connectivity index (χ0n) is 30.3. The Hall–Kier alpha value is -4.94. The van der Waals surface area contributed by atoms with Gasteiger partial charge in [-0.3, -0.25) is 4.79 Å². The first-order valence-corrected chi connectivity index (χ1v) is 21.0. The molecule has 0 saturated heterocycles.